The van der Waals surface area contributed by atoms with Gasteiger partial charge in [0.05, 0.1) is 5.69 Å². The van der Waals surface area contributed by atoms with E-state index in [2.05, 4.69) is 43.0 Å². The Morgan fingerprint density at radius 3 is 2.62 bits per heavy atom. The van der Waals surface area contributed by atoms with Gasteiger partial charge >= 0.3 is 0 Å². The molecule has 0 radical (unpaired) electrons. The normalized spacial score (nSPS) is 14.8. The van der Waals surface area contributed by atoms with Crippen molar-refractivity contribution < 1.29 is 9.15 Å². The smallest absolute Gasteiger partial charge is 0.220 e. The molecule has 0 fully saturated rings. The average Bonchev–Trinajstić information content (AvgIpc) is 3.38. The van der Waals surface area contributed by atoms with Crippen LogP contribution in [0.4, 0.5) is 5.69 Å². The highest BCUT2D eigenvalue weighted by Crippen LogP contribution is 2.41. The third kappa shape index (κ3) is 3.90. The molecule has 0 aliphatic carbocycles. The monoisotopic (exact) mass is 442 g/mol. The summed E-state index contributed by atoms with van der Waals surface area (Å²) in [6.45, 7) is 4.98. The number of benzene rings is 3. The summed E-state index contributed by atoms with van der Waals surface area (Å²) in [5, 5.41) is 0.694. The molecule has 0 spiro atoms. The maximum absolute atomic E-state index is 6.19. The molecule has 32 heavy (non-hydrogen) atoms. The van der Waals surface area contributed by atoms with Crippen molar-refractivity contribution >= 4 is 34.5 Å². The molecule has 0 amide bonds. The SMILES string of the molecule is CCC(=C\c1nc2cc(-c3ccccc3)ccc2o1)/C=C1/Oc2ccc(Cl)cc2N1CC. The fourth-order valence-electron chi connectivity index (χ4n) is 3.89. The van der Waals surface area contributed by atoms with Gasteiger partial charge in [-0.1, -0.05) is 54.9 Å². The van der Waals surface area contributed by atoms with Crippen LogP contribution in [-0.2, 0) is 0 Å². The molecule has 1 aliphatic heterocycles. The Morgan fingerprint density at radius 1 is 1.00 bits per heavy atom. The van der Waals surface area contributed by atoms with Gasteiger partial charge in [-0.25, -0.2) is 4.98 Å². The number of ether oxygens (including phenoxy) is 1. The van der Waals surface area contributed by atoms with Gasteiger partial charge in [0.25, 0.3) is 0 Å². The molecule has 5 rings (SSSR count). The number of aromatic nitrogens is 1. The predicted molar refractivity (Wildman–Crippen MR) is 131 cm³/mol. The van der Waals surface area contributed by atoms with E-state index in [1.165, 1.54) is 0 Å². The third-order valence-electron chi connectivity index (χ3n) is 5.55. The van der Waals surface area contributed by atoms with Gasteiger partial charge in [-0.15, -0.1) is 0 Å². The van der Waals surface area contributed by atoms with Crippen LogP contribution in [0, 0.1) is 0 Å². The number of rotatable bonds is 5. The summed E-state index contributed by atoms with van der Waals surface area (Å²) in [5.41, 5.74) is 5.94. The molecule has 1 aromatic heterocycles. The van der Waals surface area contributed by atoms with E-state index < -0.39 is 0 Å². The highest BCUT2D eigenvalue weighted by Gasteiger charge is 2.25. The van der Waals surface area contributed by atoms with Crippen LogP contribution in [0.1, 0.15) is 26.2 Å². The fraction of sp³-hybridized carbons (Fsp3) is 0.148. The van der Waals surface area contributed by atoms with Crippen molar-refractivity contribution in [2.75, 3.05) is 11.4 Å². The zero-order valence-electron chi connectivity index (χ0n) is 18.0. The van der Waals surface area contributed by atoms with Crippen LogP contribution in [0.2, 0.25) is 5.02 Å². The molecule has 0 saturated heterocycles. The quantitative estimate of drug-likeness (QED) is 0.317. The second-order valence-corrected chi connectivity index (χ2v) is 8.05. The summed E-state index contributed by atoms with van der Waals surface area (Å²) in [7, 11) is 0. The number of anilines is 1. The number of oxazole rings is 1. The molecule has 2 heterocycles. The van der Waals surface area contributed by atoms with Crippen LogP contribution < -0.4 is 9.64 Å². The standard InChI is InChI=1S/C27H23ClN2O2/c1-3-18(15-27-30(4-2)23-17-21(28)11-13-25(23)32-27)14-26-29-22-16-20(10-12-24(22)31-26)19-8-6-5-7-9-19/h5-17H,3-4H2,1-2H3/b18-14+,27-15+. The van der Waals surface area contributed by atoms with E-state index in [1.807, 2.05) is 54.6 Å². The van der Waals surface area contributed by atoms with Gasteiger partial charge < -0.3 is 14.1 Å². The van der Waals surface area contributed by atoms with Crippen molar-refractivity contribution in [3.05, 3.63) is 95.2 Å². The number of halogens is 1. The Bertz CT molecular complexity index is 1340. The lowest BCUT2D eigenvalue weighted by Gasteiger charge is -2.16. The van der Waals surface area contributed by atoms with E-state index in [0.29, 0.717) is 10.9 Å². The van der Waals surface area contributed by atoms with Gasteiger partial charge in [-0.3, -0.25) is 0 Å². The zero-order valence-corrected chi connectivity index (χ0v) is 18.8. The number of allylic oxidation sites excluding steroid dienone is 2. The summed E-state index contributed by atoms with van der Waals surface area (Å²) >= 11 is 6.19. The number of nitrogens with zero attached hydrogens (tertiary/aromatic N) is 2. The van der Waals surface area contributed by atoms with Gasteiger partial charge in [-0.05, 0) is 60.4 Å². The zero-order chi connectivity index (χ0) is 22.1. The summed E-state index contributed by atoms with van der Waals surface area (Å²) in [5.74, 6) is 2.18. The molecule has 0 saturated carbocycles. The minimum absolute atomic E-state index is 0.584. The van der Waals surface area contributed by atoms with Crippen molar-refractivity contribution in [3.63, 3.8) is 0 Å². The lowest BCUT2D eigenvalue weighted by molar-refractivity contribution is 0.439. The molecule has 5 heteroatoms. The Labute approximate surface area is 192 Å². The van der Waals surface area contributed by atoms with E-state index in [9.17, 15) is 0 Å². The van der Waals surface area contributed by atoms with Crippen LogP contribution in [0.25, 0.3) is 28.3 Å². The molecule has 3 aromatic carbocycles. The third-order valence-corrected chi connectivity index (χ3v) is 5.78. The first-order valence-corrected chi connectivity index (χ1v) is 11.2. The summed E-state index contributed by atoms with van der Waals surface area (Å²) in [6.07, 6.45) is 4.83. The molecule has 0 N–H and O–H groups in total. The Hall–Kier alpha value is -3.50. The molecular weight excluding hydrogens is 420 g/mol. The molecule has 4 nitrogen and oxygen atoms in total. The van der Waals surface area contributed by atoms with E-state index in [-0.39, 0.29) is 0 Å². The van der Waals surface area contributed by atoms with Gasteiger partial charge in [0.15, 0.2) is 11.3 Å². The highest BCUT2D eigenvalue weighted by molar-refractivity contribution is 6.31. The Kier molecular flexibility index (Phi) is 5.46. The minimum atomic E-state index is 0.584. The first kappa shape index (κ1) is 20.4. The van der Waals surface area contributed by atoms with Crippen molar-refractivity contribution in [1.29, 1.82) is 0 Å². The first-order valence-electron chi connectivity index (χ1n) is 10.8. The molecule has 1 aliphatic rings. The number of hydrogen-bond acceptors (Lipinski definition) is 4. The Morgan fingerprint density at radius 2 is 1.84 bits per heavy atom. The first-order chi connectivity index (χ1) is 15.6. The molecular formula is C27H23ClN2O2. The van der Waals surface area contributed by atoms with Crippen LogP contribution in [0.15, 0.2) is 88.7 Å². The molecule has 0 bridgehead atoms. The maximum atomic E-state index is 6.19. The Balaban J connectivity index is 1.46. The van der Waals surface area contributed by atoms with E-state index >= 15 is 0 Å². The van der Waals surface area contributed by atoms with Crippen LogP contribution in [0.5, 0.6) is 5.75 Å². The lowest BCUT2D eigenvalue weighted by Crippen LogP contribution is -2.19. The largest absolute Gasteiger partial charge is 0.439 e. The molecule has 0 atom stereocenters. The maximum Gasteiger partial charge on any atom is 0.220 e. The molecule has 0 unspecified atom stereocenters. The van der Waals surface area contributed by atoms with Crippen molar-refractivity contribution in [2.45, 2.75) is 20.3 Å². The average molecular weight is 443 g/mol. The summed E-state index contributed by atoms with van der Waals surface area (Å²) in [6, 6.07) is 22.1. The van der Waals surface area contributed by atoms with E-state index in [0.717, 1.165) is 58.1 Å². The van der Waals surface area contributed by atoms with E-state index in [4.69, 9.17) is 25.7 Å². The number of hydrogen-bond donors (Lipinski definition) is 0. The summed E-state index contributed by atoms with van der Waals surface area (Å²) in [4.78, 5) is 6.82. The second kappa shape index (κ2) is 8.56. The van der Waals surface area contributed by atoms with Crippen molar-refractivity contribution in [1.82, 2.24) is 4.98 Å². The second-order valence-electron chi connectivity index (χ2n) is 7.61. The van der Waals surface area contributed by atoms with Crippen LogP contribution in [0.3, 0.4) is 0 Å². The van der Waals surface area contributed by atoms with Crippen molar-refractivity contribution in [2.24, 2.45) is 0 Å². The van der Waals surface area contributed by atoms with E-state index in [1.54, 1.807) is 0 Å². The lowest BCUT2D eigenvalue weighted by atomic mass is 10.1. The fourth-order valence-corrected chi connectivity index (χ4v) is 4.05. The number of fused-ring (bicyclic) bond motifs is 2. The predicted octanol–water partition coefficient (Wildman–Crippen LogP) is 7.70. The minimum Gasteiger partial charge on any atom is -0.439 e. The van der Waals surface area contributed by atoms with Crippen LogP contribution in [-0.4, -0.2) is 11.5 Å². The van der Waals surface area contributed by atoms with Crippen molar-refractivity contribution in [3.8, 4) is 16.9 Å². The van der Waals surface area contributed by atoms with Gasteiger partial charge in [0, 0.05) is 23.7 Å². The van der Waals surface area contributed by atoms with Gasteiger partial charge in [0.2, 0.25) is 11.8 Å². The topological polar surface area (TPSA) is 38.5 Å². The molecule has 160 valence electrons. The molecule has 4 aromatic rings. The van der Waals surface area contributed by atoms with Gasteiger partial charge in [-0.2, -0.15) is 0 Å². The highest BCUT2D eigenvalue weighted by atomic mass is 35.5. The summed E-state index contributed by atoms with van der Waals surface area (Å²) < 4.78 is 12.1. The van der Waals surface area contributed by atoms with Crippen LogP contribution >= 0.6 is 11.6 Å². The van der Waals surface area contributed by atoms with Gasteiger partial charge in [0.1, 0.15) is 5.52 Å².